The van der Waals surface area contributed by atoms with Crippen LogP contribution in [0.25, 0.3) is 0 Å². The molecular formula is C42H52LiN2O13S3-. The number of rotatable bonds is 25. The van der Waals surface area contributed by atoms with E-state index in [-0.39, 0.29) is 72.6 Å². The van der Waals surface area contributed by atoms with Crippen LogP contribution < -0.4 is 29.5 Å². The van der Waals surface area contributed by atoms with Crippen molar-refractivity contribution in [1.82, 2.24) is 5.32 Å². The van der Waals surface area contributed by atoms with Crippen molar-refractivity contribution in [2.24, 2.45) is 5.92 Å². The van der Waals surface area contributed by atoms with Gasteiger partial charge in [-0.2, -0.15) is 42.9 Å². The summed E-state index contributed by atoms with van der Waals surface area (Å²) in [5.41, 5.74) is -1.29. The van der Waals surface area contributed by atoms with Gasteiger partial charge in [0, 0.05) is 25.2 Å². The molecule has 0 saturated carbocycles. The Hall–Kier alpha value is -3.99. The minimum absolute atomic E-state index is 0. The van der Waals surface area contributed by atoms with Crippen molar-refractivity contribution in [1.29, 1.82) is 0 Å². The Labute approximate surface area is 371 Å². The van der Waals surface area contributed by atoms with Crippen LogP contribution in [0.3, 0.4) is 0 Å². The van der Waals surface area contributed by atoms with E-state index in [0.29, 0.717) is 56.3 Å². The molecule has 0 heterocycles. The number of allylic oxidation sites excluding steroid dienone is 8. The Kier molecular flexibility index (Phi) is 20.4. The summed E-state index contributed by atoms with van der Waals surface area (Å²) in [5, 5.41) is 5.85. The van der Waals surface area contributed by atoms with E-state index in [2.05, 4.69) is 22.8 Å². The van der Waals surface area contributed by atoms with Crippen molar-refractivity contribution < 1.29 is 77.0 Å². The number of ketones is 3. The van der Waals surface area contributed by atoms with Crippen LogP contribution in [0.15, 0.2) is 88.7 Å². The number of anilines is 1. The standard InChI is InChI=1S/C42H52N2O13S3.Li/c1-41(2,31-15-13-16-32(29-31)59(52,53)54)24-10-5-4-7-18-39(47)42(3,35-30-33(60(55,56)57)20-21-36(35)43-27-14-28-58(49,50)51)25-11-6-8-19-40(48)44-26-12-9-17-34-37(45)22-23-38(34)46;/h4-5,7,10,13,16,18,20-23,29-30,34,43H,6,8-9,11-12,14,17,19,25-28H2,1-3H3,(H,44,48)(H,49,50,51)(H,52,53,54)(H,55,56,57);/q-2;+1/b5-4+,18-7+;. The van der Waals surface area contributed by atoms with Gasteiger partial charge in [0.1, 0.15) is 0 Å². The van der Waals surface area contributed by atoms with Crippen molar-refractivity contribution >= 4 is 59.3 Å². The Morgan fingerprint density at radius 1 is 0.803 bits per heavy atom. The van der Waals surface area contributed by atoms with Crippen molar-refractivity contribution in [2.75, 3.05) is 24.2 Å². The number of carbonyl (C=O) groups excluding carboxylic acids is 4. The second-order valence-electron chi connectivity index (χ2n) is 15.1. The van der Waals surface area contributed by atoms with Gasteiger partial charge < -0.3 is 10.6 Å². The number of hydrogen-bond donors (Lipinski definition) is 5. The van der Waals surface area contributed by atoms with Crippen LogP contribution in [0.4, 0.5) is 5.69 Å². The number of unbranched alkanes of at least 4 members (excludes halogenated alkanes) is 3. The first-order valence-electron chi connectivity index (χ1n) is 19.3. The van der Waals surface area contributed by atoms with E-state index in [1.807, 2.05) is 0 Å². The molecule has 328 valence electrons. The molecule has 5 N–H and O–H groups in total. The maximum Gasteiger partial charge on any atom is 1.00 e. The van der Waals surface area contributed by atoms with E-state index >= 15 is 0 Å². The fourth-order valence-electron chi connectivity index (χ4n) is 6.46. The fraction of sp³-hybridized carbons (Fsp3) is 0.429. The van der Waals surface area contributed by atoms with E-state index in [1.165, 1.54) is 54.6 Å². The third kappa shape index (κ3) is 17.4. The molecule has 1 unspecified atom stereocenters. The number of benzene rings is 2. The number of hydrogen-bond acceptors (Lipinski definition) is 11. The second kappa shape index (κ2) is 23.5. The third-order valence-electron chi connectivity index (χ3n) is 10.00. The third-order valence-corrected chi connectivity index (χ3v) is 12.5. The van der Waals surface area contributed by atoms with Gasteiger partial charge in [-0.3, -0.25) is 38.9 Å². The summed E-state index contributed by atoms with van der Waals surface area (Å²) < 4.78 is 98.7. The molecule has 1 aliphatic rings. The van der Waals surface area contributed by atoms with Crippen molar-refractivity contribution in [2.45, 2.75) is 99.2 Å². The predicted octanol–water partition coefficient (Wildman–Crippen LogP) is 2.51. The van der Waals surface area contributed by atoms with Crippen LogP contribution in [0.2, 0.25) is 0 Å². The first-order valence-corrected chi connectivity index (χ1v) is 23.7. The van der Waals surface area contributed by atoms with E-state index in [1.54, 1.807) is 39.0 Å². The van der Waals surface area contributed by atoms with E-state index in [0.717, 1.165) is 6.07 Å². The zero-order valence-corrected chi connectivity index (χ0v) is 37.2. The van der Waals surface area contributed by atoms with E-state index in [4.69, 9.17) is 4.55 Å². The molecule has 0 radical (unpaired) electrons. The van der Waals surface area contributed by atoms with Crippen LogP contribution in [0, 0.1) is 18.1 Å². The number of carbonyl (C=O) groups is 4. The molecular weight excluding hydrogens is 844 g/mol. The maximum atomic E-state index is 14.1. The summed E-state index contributed by atoms with van der Waals surface area (Å²) in [4.78, 5) is 49.4. The molecule has 0 spiro atoms. The van der Waals surface area contributed by atoms with Crippen molar-refractivity contribution in [3.8, 4) is 0 Å². The first kappa shape index (κ1) is 53.1. The molecule has 0 saturated heterocycles. The zero-order chi connectivity index (χ0) is 44.8. The van der Waals surface area contributed by atoms with Crippen LogP contribution in [-0.2, 0) is 60.4 Å². The van der Waals surface area contributed by atoms with Gasteiger partial charge in [-0.15, -0.1) is 18.2 Å². The summed E-state index contributed by atoms with van der Waals surface area (Å²) in [6.07, 6.45) is 16.5. The molecule has 1 aliphatic carbocycles. The average Bonchev–Trinajstić information content (AvgIpc) is 3.48. The molecule has 0 aliphatic heterocycles. The summed E-state index contributed by atoms with van der Waals surface area (Å²) in [5.74, 6) is -2.20. The van der Waals surface area contributed by atoms with Gasteiger partial charge in [0.2, 0.25) is 5.91 Å². The van der Waals surface area contributed by atoms with Crippen LogP contribution >= 0.6 is 0 Å². The van der Waals surface area contributed by atoms with E-state index < -0.39 is 63.5 Å². The Morgan fingerprint density at radius 2 is 1.46 bits per heavy atom. The Balaban J connectivity index is 0.0000128. The SMILES string of the molecule is CC(C)([C-]=C/C=C/C=C/C(=O)C(C)(CCCCCC(=O)NCCCCC1C(=O)C=CC1=O)c1cc(S(=O)(=O)O)ccc1NCCCS(=O)(=O)O)c1[c-]ccc(S(=O)(=O)O)c1.[Li+]. The predicted molar refractivity (Wildman–Crippen MR) is 225 cm³/mol. The first-order chi connectivity index (χ1) is 27.9. The summed E-state index contributed by atoms with van der Waals surface area (Å²) in [6.45, 7) is 5.54. The minimum Gasteiger partial charge on any atom is -0.385 e. The fourth-order valence-corrected chi connectivity index (χ4v) is 7.98. The van der Waals surface area contributed by atoms with Gasteiger partial charge in [0.15, 0.2) is 17.3 Å². The maximum absolute atomic E-state index is 14.1. The van der Waals surface area contributed by atoms with E-state index in [9.17, 15) is 53.5 Å². The molecule has 19 heteroatoms. The van der Waals surface area contributed by atoms with Crippen LogP contribution in [-0.4, -0.2) is 81.0 Å². The van der Waals surface area contributed by atoms with Gasteiger partial charge in [0.05, 0.1) is 22.0 Å². The molecule has 15 nitrogen and oxygen atoms in total. The molecule has 3 rings (SSSR count). The summed E-state index contributed by atoms with van der Waals surface area (Å²) in [6, 6.07) is 10.5. The number of amides is 1. The van der Waals surface area contributed by atoms with Gasteiger partial charge in [0.25, 0.3) is 30.4 Å². The quantitative estimate of drug-likeness (QED) is 0.0183. The zero-order valence-electron chi connectivity index (χ0n) is 34.7. The molecule has 0 aromatic heterocycles. The van der Waals surface area contributed by atoms with Crippen LogP contribution in [0.5, 0.6) is 0 Å². The average molecular weight is 896 g/mol. The normalized spacial score (nSPS) is 15.1. The monoisotopic (exact) mass is 895 g/mol. The number of nitrogens with one attached hydrogen (secondary N) is 2. The minimum atomic E-state index is -4.71. The van der Waals surface area contributed by atoms with Crippen molar-refractivity contribution in [3.05, 3.63) is 102 Å². The molecule has 0 bridgehead atoms. The smallest absolute Gasteiger partial charge is 0.385 e. The van der Waals surface area contributed by atoms with Gasteiger partial charge >= 0.3 is 18.9 Å². The molecule has 2 aromatic carbocycles. The Morgan fingerprint density at radius 3 is 2.10 bits per heavy atom. The largest absolute Gasteiger partial charge is 1.00 e. The molecule has 1 atom stereocenters. The van der Waals surface area contributed by atoms with Crippen LogP contribution in [0.1, 0.15) is 89.7 Å². The summed E-state index contributed by atoms with van der Waals surface area (Å²) >= 11 is 0. The topological polar surface area (TPSA) is 255 Å². The molecule has 0 fully saturated rings. The van der Waals surface area contributed by atoms with Gasteiger partial charge in [-0.1, -0.05) is 44.6 Å². The summed E-state index contributed by atoms with van der Waals surface area (Å²) in [7, 11) is -13.4. The molecule has 1 amide bonds. The molecule has 61 heavy (non-hydrogen) atoms. The Bertz CT molecular complexity index is 2340. The second-order valence-corrected chi connectivity index (χ2v) is 19.6. The van der Waals surface area contributed by atoms with Gasteiger partial charge in [-0.05, 0) is 85.9 Å². The van der Waals surface area contributed by atoms with Crippen molar-refractivity contribution in [3.63, 3.8) is 0 Å². The van der Waals surface area contributed by atoms with Gasteiger partial charge in [-0.25, -0.2) is 12.2 Å². The molecule has 2 aromatic rings.